The van der Waals surface area contributed by atoms with Gasteiger partial charge >= 0.3 is 5.97 Å². The molecule has 5 nitrogen and oxygen atoms in total. The van der Waals surface area contributed by atoms with Gasteiger partial charge in [-0.25, -0.2) is 4.79 Å². The topological polar surface area (TPSA) is 69.2 Å². The van der Waals surface area contributed by atoms with Gasteiger partial charge in [-0.3, -0.25) is 5.10 Å². The summed E-state index contributed by atoms with van der Waals surface area (Å²) in [7, 11) is 3.89. The largest absolute Gasteiger partial charge is 0.477 e. The number of aromatic nitrogens is 2. The molecular formula is C13H15N3O2. The molecule has 94 valence electrons. The van der Waals surface area contributed by atoms with Gasteiger partial charge in [0.15, 0.2) is 0 Å². The first-order valence-corrected chi connectivity index (χ1v) is 5.56. The Morgan fingerprint density at radius 2 is 2.06 bits per heavy atom. The number of hydrogen-bond acceptors (Lipinski definition) is 3. The van der Waals surface area contributed by atoms with Crippen LogP contribution in [0.25, 0.3) is 11.3 Å². The zero-order valence-corrected chi connectivity index (χ0v) is 10.6. The molecule has 0 saturated carbocycles. The molecule has 1 aromatic heterocycles. The third-order valence-electron chi connectivity index (χ3n) is 2.72. The number of aryl methyl sites for hydroxylation is 1. The molecule has 0 unspecified atom stereocenters. The van der Waals surface area contributed by atoms with Crippen molar-refractivity contribution in [3.8, 4) is 11.3 Å². The van der Waals surface area contributed by atoms with Crippen molar-refractivity contribution in [3.63, 3.8) is 0 Å². The van der Waals surface area contributed by atoms with E-state index < -0.39 is 5.97 Å². The van der Waals surface area contributed by atoms with Crippen LogP contribution < -0.4 is 4.90 Å². The summed E-state index contributed by atoms with van der Waals surface area (Å²) in [5.41, 5.74) is 3.80. The van der Waals surface area contributed by atoms with Crippen LogP contribution in [0.1, 0.15) is 16.1 Å². The second-order valence-corrected chi connectivity index (χ2v) is 4.39. The van der Waals surface area contributed by atoms with E-state index >= 15 is 0 Å². The molecule has 0 aliphatic carbocycles. The highest BCUT2D eigenvalue weighted by Gasteiger charge is 2.13. The van der Waals surface area contributed by atoms with E-state index in [1.165, 1.54) is 0 Å². The average molecular weight is 245 g/mol. The molecule has 0 fully saturated rings. The number of nitrogens with one attached hydrogen (secondary N) is 1. The summed E-state index contributed by atoms with van der Waals surface area (Å²) in [6.45, 7) is 2.02. The number of benzene rings is 1. The zero-order valence-electron chi connectivity index (χ0n) is 10.6. The lowest BCUT2D eigenvalue weighted by atomic mass is 10.1. The van der Waals surface area contributed by atoms with Crippen molar-refractivity contribution >= 4 is 11.7 Å². The predicted octanol–water partition coefficient (Wildman–Crippen LogP) is 2.15. The lowest BCUT2D eigenvalue weighted by Crippen LogP contribution is -2.10. The molecule has 0 radical (unpaired) electrons. The van der Waals surface area contributed by atoms with Gasteiger partial charge in [0.25, 0.3) is 0 Å². The maximum absolute atomic E-state index is 10.8. The molecule has 0 saturated heterocycles. The highest BCUT2D eigenvalue weighted by atomic mass is 16.4. The van der Waals surface area contributed by atoms with Gasteiger partial charge in [0, 0.05) is 25.3 Å². The van der Waals surface area contributed by atoms with Crippen molar-refractivity contribution < 1.29 is 9.90 Å². The third-order valence-corrected chi connectivity index (χ3v) is 2.72. The second-order valence-electron chi connectivity index (χ2n) is 4.39. The lowest BCUT2D eigenvalue weighted by Gasteiger charge is -2.17. The Kier molecular flexibility index (Phi) is 3.06. The summed E-state index contributed by atoms with van der Waals surface area (Å²) in [6, 6.07) is 7.52. The summed E-state index contributed by atoms with van der Waals surface area (Å²) >= 11 is 0. The normalized spacial score (nSPS) is 10.4. The van der Waals surface area contributed by atoms with Gasteiger partial charge in [-0.2, -0.15) is 5.10 Å². The van der Waals surface area contributed by atoms with E-state index in [1.807, 2.05) is 44.1 Å². The van der Waals surface area contributed by atoms with Crippen LogP contribution in [-0.4, -0.2) is 35.4 Å². The van der Waals surface area contributed by atoms with Crippen molar-refractivity contribution in [3.05, 3.63) is 35.5 Å². The number of hydrogen-bond donors (Lipinski definition) is 2. The van der Waals surface area contributed by atoms with E-state index in [2.05, 4.69) is 10.2 Å². The Balaban J connectivity index is 2.52. The van der Waals surface area contributed by atoms with E-state index in [-0.39, 0.29) is 5.69 Å². The number of rotatable bonds is 3. The van der Waals surface area contributed by atoms with Gasteiger partial charge in [0.05, 0.1) is 5.69 Å². The smallest absolute Gasteiger partial charge is 0.353 e. The third kappa shape index (κ3) is 2.20. The number of carbonyl (C=O) groups is 1. The molecule has 0 bridgehead atoms. The fourth-order valence-electron chi connectivity index (χ4n) is 1.80. The van der Waals surface area contributed by atoms with Gasteiger partial charge in [0.2, 0.25) is 0 Å². The fraction of sp³-hybridized carbons (Fsp3) is 0.231. The molecule has 0 spiro atoms. The minimum Gasteiger partial charge on any atom is -0.477 e. The minimum absolute atomic E-state index is 0.0929. The van der Waals surface area contributed by atoms with Crippen molar-refractivity contribution in [2.45, 2.75) is 6.92 Å². The van der Waals surface area contributed by atoms with Crippen LogP contribution >= 0.6 is 0 Å². The molecular weight excluding hydrogens is 230 g/mol. The van der Waals surface area contributed by atoms with Crippen molar-refractivity contribution in [2.24, 2.45) is 0 Å². The number of aromatic carboxylic acids is 1. The molecule has 5 heteroatoms. The van der Waals surface area contributed by atoms with E-state index in [0.717, 1.165) is 16.8 Å². The number of carboxylic acids is 1. The zero-order chi connectivity index (χ0) is 13.3. The maximum Gasteiger partial charge on any atom is 0.353 e. The van der Waals surface area contributed by atoms with E-state index in [9.17, 15) is 4.79 Å². The first-order chi connectivity index (χ1) is 8.49. The Morgan fingerprint density at radius 3 is 2.61 bits per heavy atom. The second kappa shape index (κ2) is 4.52. The molecule has 2 N–H and O–H groups in total. The Bertz CT molecular complexity index is 588. The molecule has 0 amide bonds. The Morgan fingerprint density at radius 1 is 1.33 bits per heavy atom. The number of nitrogens with zero attached hydrogens (tertiary/aromatic N) is 2. The maximum atomic E-state index is 10.8. The van der Waals surface area contributed by atoms with Crippen LogP contribution in [0.15, 0.2) is 24.3 Å². The summed E-state index contributed by atoms with van der Waals surface area (Å²) in [5.74, 6) is -1.01. The quantitative estimate of drug-likeness (QED) is 0.869. The average Bonchev–Trinajstić information content (AvgIpc) is 2.78. The molecule has 18 heavy (non-hydrogen) atoms. The number of aromatic amines is 1. The van der Waals surface area contributed by atoms with Crippen molar-refractivity contribution in [2.75, 3.05) is 19.0 Å². The first-order valence-electron chi connectivity index (χ1n) is 5.56. The van der Waals surface area contributed by atoms with E-state index in [0.29, 0.717) is 5.69 Å². The van der Waals surface area contributed by atoms with Gasteiger partial charge < -0.3 is 10.0 Å². The van der Waals surface area contributed by atoms with Crippen molar-refractivity contribution in [1.29, 1.82) is 0 Å². The summed E-state index contributed by atoms with van der Waals surface area (Å²) in [4.78, 5) is 12.8. The first kappa shape index (κ1) is 12.2. The predicted molar refractivity (Wildman–Crippen MR) is 70.0 cm³/mol. The van der Waals surface area contributed by atoms with Crippen LogP contribution in [-0.2, 0) is 0 Å². The molecule has 0 aliphatic heterocycles. The van der Waals surface area contributed by atoms with E-state index in [4.69, 9.17) is 5.11 Å². The highest BCUT2D eigenvalue weighted by Crippen LogP contribution is 2.29. The van der Waals surface area contributed by atoms with Gasteiger partial charge in [-0.05, 0) is 24.6 Å². The standard InChI is InChI=1S/C13H15N3O2/c1-8-4-5-9(12(6-8)16(2)3)10-7-11(13(17)18)15-14-10/h4-7H,1-3H3,(H,14,15)(H,17,18). The number of carboxylic acid groups (broad SMARTS) is 1. The Labute approximate surface area is 105 Å². The molecule has 2 rings (SSSR count). The van der Waals surface area contributed by atoms with Crippen LogP contribution in [0.3, 0.4) is 0 Å². The van der Waals surface area contributed by atoms with E-state index in [1.54, 1.807) is 6.07 Å². The van der Waals surface area contributed by atoms with Crippen LogP contribution in [0.2, 0.25) is 0 Å². The lowest BCUT2D eigenvalue weighted by molar-refractivity contribution is 0.0690. The van der Waals surface area contributed by atoms with Gasteiger partial charge in [0.1, 0.15) is 5.69 Å². The molecule has 2 aromatic rings. The Hall–Kier alpha value is -2.30. The molecule has 0 aliphatic rings. The summed E-state index contributed by atoms with van der Waals surface area (Å²) < 4.78 is 0. The highest BCUT2D eigenvalue weighted by molar-refractivity contribution is 5.88. The van der Waals surface area contributed by atoms with Crippen LogP contribution in [0.4, 0.5) is 5.69 Å². The number of anilines is 1. The van der Waals surface area contributed by atoms with Crippen LogP contribution in [0.5, 0.6) is 0 Å². The fourth-order valence-corrected chi connectivity index (χ4v) is 1.80. The summed E-state index contributed by atoms with van der Waals surface area (Å²) in [5, 5.41) is 15.5. The van der Waals surface area contributed by atoms with Gasteiger partial charge in [-0.1, -0.05) is 12.1 Å². The molecule has 1 heterocycles. The van der Waals surface area contributed by atoms with Crippen molar-refractivity contribution in [1.82, 2.24) is 10.2 Å². The molecule has 1 aromatic carbocycles. The molecule has 0 atom stereocenters. The SMILES string of the molecule is Cc1ccc(-c2cc(C(=O)O)[nH]n2)c(N(C)C)c1. The minimum atomic E-state index is -1.01. The van der Waals surface area contributed by atoms with Gasteiger partial charge in [-0.15, -0.1) is 0 Å². The number of H-pyrrole nitrogens is 1. The monoisotopic (exact) mass is 245 g/mol. The summed E-state index contributed by atoms with van der Waals surface area (Å²) in [6.07, 6.45) is 0. The van der Waals surface area contributed by atoms with Crippen LogP contribution in [0, 0.1) is 6.92 Å².